The second-order valence-electron chi connectivity index (χ2n) is 3.46. The summed E-state index contributed by atoms with van der Waals surface area (Å²) in [5.74, 6) is -0.738. The lowest BCUT2D eigenvalue weighted by Gasteiger charge is -2.09. The Balaban J connectivity index is 2.39. The molecule has 4 nitrogen and oxygen atoms in total. The Morgan fingerprint density at radius 1 is 1.29 bits per heavy atom. The number of carbonyl (C=O) groups excluding carboxylic acids is 1. The van der Waals surface area contributed by atoms with Crippen LogP contribution in [0.25, 0.3) is 11.0 Å². The maximum Gasteiger partial charge on any atom is 0.253 e. The van der Waals surface area contributed by atoms with E-state index in [0.717, 1.165) is 0 Å². The molecule has 0 saturated carbocycles. The van der Waals surface area contributed by atoms with Crippen molar-refractivity contribution >= 4 is 16.8 Å². The molecule has 1 aromatic carbocycles. The first-order chi connectivity index (χ1) is 8.15. The molecular weight excluding hydrogens is 227 g/mol. The molecule has 17 heavy (non-hydrogen) atoms. The van der Waals surface area contributed by atoms with E-state index in [-0.39, 0.29) is 11.6 Å². The fraction of sp³-hybridized carbons (Fsp3) is 0.250. The zero-order valence-electron chi connectivity index (χ0n) is 9.40. The monoisotopic (exact) mass is 238 g/mol. The standard InChI is InChI=1S/C12H11FO4/c1-15-12(16-2)11(14)10-6-7-5-8(13)3-4-9(7)17-10/h3-6,12H,1-2H3. The molecule has 5 heteroatoms. The summed E-state index contributed by atoms with van der Waals surface area (Å²) >= 11 is 0. The summed E-state index contributed by atoms with van der Waals surface area (Å²) < 4.78 is 27.9. The van der Waals surface area contributed by atoms with Crippen molar-refractivity contribution < 1.29 is 23.1 Å². The second-order valence-corrected chi connectivity index (χ2v) is 3.46. The molecule has 0 spiro atoms. The zero-order chi connectivity index (χ0) is 12.4. The molecule has 0 aliphatic heterocycles. The minimum Gasteiger partial charge on any atom is -0.453 e. The molecule has 0 aliphatic rings. The molecule has 0 aliphatic carbocycles. The number of methoxy groups -OCH3 is 2. The molecule has 90 valence electrons. The quantitative estimate of drug-likeness (QED) is 0.606. The van der Waals surface area contributed by atoms with Gasteiger partial charge in [0.1, 0.15) is 11.4 Å². The van der Waals surface area contributed by atoms with Crippen molar-refractivity contribution in [1.82, 2.24) is 0 Å². The van der Waals surface area contributed by atoms with Crippen LogP contribution < -0.4 is 0 Å². The molecule has 0 radical (unpaired) electrons. The first-order valence-corrected chi connectivity index (χ1v) is 4.94. The maximum atomic E-state index is 13.0. The van der Waals surface area contributed by atoms with Gasteiger partial charge in [0, 0.05) is 19.6 Å². The first-order valence-electron chi connectivity index (χ1n) is 4.94. The van der Waals surface area contributed by atoms with Gasteiger partial charge in [0.05, 0.1) is 0 Å². The highest BCUT2D eigenvalue weighted by molar-refractivity contribution is 5.99. The van der Waals surface area contributed by atoms with E-state index in [2.05, 4.69) is 0 Å². The molecule has 0 unspecified atom stereocenters. The average Bonchev–Trinajstić information content (AvgIpc) is 2.73. The van der Waals surface area contributed by atoms with Gasteiger partial charge in [0.2, 0.25) is 6.29 Å². The van der Waals surface area contributed by atoms with E-state index in [1.165, 1.54) is 38.5 Å². The molecule has 1 heterocycles. The van der Waals surface area contributed by atoms with E-state index < -0.39 is 12.1 Å². The van der Waals surface area contributed by atoms with E-state index in [1.807, 2.05) is 0 Å². The topological polar surface area (TPSA) is 48.7 Å². The van der Waals surface area contributed by atoms with Crippen LogP contribution in [0.2, 0.25) is 0 Å². The van der Waals surface area contributed by atoms with Crippen LogP contribution in [-0.4, -0.2) is 26.3 Å². The Labute approximate surface area is 96.9 Å². The number of hydrogen-bond acceptors (Lipinski definition) is 4. The number of furan rings is 1. The number of rotatable bonds is 4. The summed E-state index contributed by atoms with van der Waals surface area (Å²) in [5.41, 5.74) is 0.445. The van der Waals surface area contributed by atoms with Gasteiger partial charge in [-0.3, -0.25) is 4.79 Å². The van der Waals surface area contributed by atoms with Crippen LogP contribution in [0.3, 0.4) is 0 Å². The van der Waals surface area contributed by atoms with Crippen molar-refractivity contribution in [2.24, 2.45) is 0 Å². The van der Waals surface area contributed by atoms with Crippen LogP contribution in [0.1, 0.15) is 10.6 Å². The summed E-state index contributed by atoms with van der Waals surface area (Å²) in [5, 5.41) is 0.527. The van der Waals surface area contributed by atoms with E-state index in [4.69, 9.17) is 13.9 Å². The predicted octanol–water partition coefficient (Wildman–Crippen LogP) is 2.37. The molecule has 0 amide bonds. The van der Waals surface area contributed by atoms with Crippen molar-refractivity contribution in [2.45, 2.75) is 6.29 Å². The minimum atomic E-state index is -1.01. The molecule has 2 rings (SSSR count). The average molecular weight is 238 g/mol. The van der Waals surface area contributed by atoms with Crippen molar-refractivity contribution in [3.05, 3.63) is 35.8 Å². The highest BCUT2D eigenvalue weighted by Gasteiger charge is 2.22. The van der Waals surface area contributed by atoms with Crippen LogP contribution in [-0.2, 0) is 9.47 Å². The van der Waals surface area contributed by atoms with Crippen molar-refractivity contribution in [3.8, 4) is 0 Å². The Bertz CT molecular complexity index is 542. The number of hydrogen-bond donors (Lipinski definition) is 0. The third-order valence-corrected chi connectivity index (χ3v) is 2.36. The molecular formula is C12H11FO4. The van der Waals surface area contributed by atoms with Gasteiger partial charge in [0.15, 0.2) is 5.76 Å². The number of halogens is 1. The number of ether oxygens (including phenoxy) is 2. The van der Waals surface area contributed by atoms with E-state index in [0.29, 0.717) is 11.0 Å². The van der Waals surface area contributed by atoms with Gasteiger partial charge in [-0.25, -0.2) is 4.39 Å². The number of benzene rings is 1. The number of carbonyl (C=O) groups is 1. The Kier molecular flexibility index (Phi) is 3.21. The molecule has 1 aromatic heterocycles. The van der Waals surface area contributed by atoms with Crippen LogP contribution in [0.4, 0.5) is 4.39 Å². The largest absolute Gasteiger partial charge is 0.453 e. The van der Waals surface area contributed by atoms with Crippen molar-refractivity contribution in [1.29, 1.82) is 0 Å². The number of Topliss-reactive ketones (excluding diaryl/α,β-unsaturated/α-hetero) is 1. The summed E-state index contributed by atoms with van der Waals surface area (Å²) in [4.78, 5) is 11.8. The van der Waals surface area contributed by atoms with Gasteiger partial charge in [-0.2, -0.15) is 0 Å². The van der Waals surface area contributed by atoms with Gasteiger partial charge in [-0.05, 0) is 24.3 Å². The SMILES string of the molecule is COC(OC)C(=O)c1cc2cc(F)ccc2o1. The zero-order valence-corrected chi connectivity index (χ0v) is 9.40. The Morgan fingerprint density at radius 3 is 2.65 bits per heavy atom. The first kappa shape index (κ1) is 11.8. The van der Waals surface area contributed by atoms with Gasteiger partial charge < -0.3 is 13.9 Å². The van der Waals surface area contributed by atoms with Crippen molar-refractivity contribution in [2.75, 3.05) is 14.2 Å². The lowest BCUT2D eigenvalue weighted by atomic mass is 10.2. The number of fused-ring (bicyclic) bond motifs is 1. The lowest BCUT2D eigenvalue weighted by Crippen LogP contribution is -2.24. The fourth-order valence-corrected chi connectivity index (χ4v) is 1.56. The molecule has 0 bridgehead atoms. The normalized spacial score (nSPS) is 11.3. The summed E-state index contributed by atoms with van der Waals surface area (Å²) in [6, 6.07) is 5.50. The third-order valence-electron chi connectivity index (χ3n) is 2.36. The predicted molar refractivity (Wildman–Crippen MR) is 58.3 cm³/mol. The third kappa shape index (κ3) is 2.20. The maximum absolute atomic E-state index is 13.0. The second kappa shape index (κ2) is 4.65. The van der Waals surface area contributed by atoms with Gasteiger partial charge >= 0.3 is 0 Å². The van der Waals surface area contributed by atoms with E-state index >= 15 is 0 Å². The fourth-order valence-electron chi connectivity index (χ4n) is 1.56. The summed E-state index contributed by atoms with van der Waals surface area (Å²) in [6.45, 7) is 0. The van der Waals surface area contributed by atoms with E-state index in [1.54, 1.807) is 0 Å². The molecule has 0 atom stereocenters. The molecule has 0 fully saturated rings. The smallest absolute Gasteiger partial charge is 0.253 e. The number of ketones is 1. The Morgan fingerprint density at radius 2 is 2.00 bits per heavy atom. The lowest BCUT2D eigenvalue weighted by molar-refractivity contribution is -0.0752. The molecule has 0 saturated heterocycles. The van der Waals surface area contributed by atoms with E-state index in [9.17, 15) is 9.18 Å². The Hall–Kier alpha value is -1.72. The highest BCUT2D eigenvalue weighted by atomic mass is 19.1. The summed E-state index contributed by atoms with van der Waals surface area (Å²) in [6.07, 6.45) is -1.01. The van der Waals surface area contributed by atoms with Crippen LogP contribution in [0, 0.1) is 5.82 Å². The van der Waals surface area contributed by atoms with Crippen molar-refractivity contribution in [3.63, 3.8) is 0 Å². The van der Waals surface area contributed by atoms with Crippen LogP contribution in [0.5, 0.6) is 0 Å². The van der Waals surface area contributed by atoms with Crippen LogP contribution in [0.15, 0.2) is 28.7 Å². The molecule has 2 aromatic rings. The van der Waals surface area contributed by atoms with Gasteiger partial charge in [-0.1, -0.05) is 0 Å². The highest BCUT2D eigenvalue weighted by Crippen LogP contribution is 2.21. The summed E-state index contributed by atoms with van der Waals surface area (Å²) in [7, 11) is 2.71. The van der Waals surface area contributed by atoms with Crippen LogP contribution >= 0.6 is 0 Å². The van der Waals surface area contributed by atoms with Gasteiger partial charge in [0.25, 0.3) is 5.78 Å². The molecule has 0 N–H and O–H groups in total. The minimum absolute atomic E-state index is 0.0827. The van der Waals surface area contributed by atoms with Gasteiger partial charge in [-0.15, -0.1) is 0 Å².